The van der Waals surface area contributed by atoms with E-state index in [-0.39, 0.29) is 24.9 Å². The molecule has 1 aromatic rings. The third-order valence-corrected chi connectivity index (χ3v) is 2.47. The Balaban J connectivity index is 1.99. The third kappa shape index (κ3) is 3.35. The SMILES string of the molecule is NCC(=O)NCC(=O)Nc1cccc2c1OCCO2. The number of fused-ring (bicyclic) bond motifs is 1. The number of benzene rings is 1. The van der Waals surface area contributed by atoms with Gasteiger partial charge in [0.1, 0.15) is 13.2 Å². The van der Waals surface area contributed by atoms with Crippen LogP contribution in [0.1, 0.15) is 0 Å². The lowest BCUT2D eigenvalue weighted by atomic mass is 10.2. The van der Waals surface area contributed by atoms with Crippen LogP contribution >= 0.6 is 0 Å². The zero-order chi connectivity index (χ0) is 13.7. The molecule has 7 heteroatoms. The molecule has 0 atom stereocenters. The molecule has 1 aliphatic rings. The highest BCUT2D eigenvalue weighted by Gasteiger charge is 2.17. The van der Waals surface area contributed by atoms with Gasteiger partial charge in [0.2, 0.25) is 11.8 Å². The van der Waals surface area contributed by atoms with Crippen LogP contribution in [0.5, 0.6) is 11.5 Å². The zero-order valence-corrected chi connectivity index (χ0v) is 10.3. The maximum atomic E-state index is 11.7. The van der Waals surface area contributed by atoms with Crippen molar-refractivity contribution in [1.29, 1.82) is 0 Å². The summed E-state index contributed by atoms with van der Waals surface area (Å²) < 4.78 is 10.9. The van der Waals surface area contributed by atoms with Crippen molar-refractivity contribution in [3.63, 3.8) is 0 Å². The second kappa shape index (κ2) is 6.05. The van der Waals surface area contributed by atoms with Gasteiger partial charge in [0.15, 0.2) is 11.5 Å². The molecular formula is C12H15N3O4. The quantitative estimate of drug-likeness (QED) is 0.679. The number of carbonyl (C=O) groups excluding carboxylic acids is 2. The van der Waals surface area contributed by atoms with E-state index in [2.05, 4.69) is 10.6 Å². The number of nitrogens with one attached hydrogen (secondary N) is 2. The van der Waals surface area contributed by atoms with Crippen LogP contribution in [0.15, 0.2) is 18.2 Å². The van der Waals surface area contributed by atoms with Crippen molar-refractivity contribution in [3.8, 4) is 11.5 Å². The molecule has 4 N–H and O–H groups in total. The molecule has 0 unspecified atom stereocenters. The molecule has 0 aliphatic carbocycles. The molecule has 0 fully saturated rings. The Bertz CT molecular complexity index is 490. The summed E-state index contributed by atoms with van der Waals surface area (Å²) >= 11 is 0. The Kier molecular flexibility index (Phi) is 4.19. The fourth-order valence-electron chi connectivity index (χ4n) is 1.62. The van der Waals surface area contributed by atoms with Gasteiger partial charge in [-0.25, -0.2) is 0 Å². The van der Waals surface area contributed by atoms with Crippen molar-refractivity contribution < 1.29 is 19.1 Å². The van der Waals surface area contributed by atoms with Crippen LogP contribution in [0, 0.1) is 0 Å². The highest BCUT2D eigenvalue weighted by atomic mass is 16.6. The second-order valence-electron chi connectivity index (χ2n) is 3.86. The summed E-state index contributed by atoms with van der Waals surface area (Å²) in [5.41, 5.74) is 5.64. The van der Waals surface area contributed by atoms with E-state index in [0.717, 1.165) is 0 Å². The maximum absolute atomic E-state index is 11.7. The summed E-state index contributed by atoms with van der Waals surface area (Å²) in [6.07, 6.45) is 0. The van der Waals surface area contributed by atoms with Gasteiger partial charge in [-0.05, 0) is 12.1 Å². The summed E-state index contributed by atoms with van der Waals surface area (Å²) in [4.78, 5) is 22.6. The normalized spacial score (nSPS) is 12.7. The lowest BCUT2D eigenvalue weighted by Gasteiger charge is -2.21. The number of anilines is 1. The predicted molar refractivity (Wildman–Crippen MR) is 68.1 cm³/mol. The van der Waals surface area contributed by atoms with Gasteiger partial charge in [0, 0.05) is 0 Å². The van der Waals surface area contributed by atoms with Gasteiger partial charge in [-0.3, -0.25) is 9.59 Å². The van der Waals surface area contributed by atoms with Gasteiger partial charge in [0.25, 0.3) is 0 Å². The monoisotopic (exact) mass is 265 g/mol. The minimum absolute atomic E-state index is 0.138. The minimum Gasteiger partial charge on any atom is -0.486 e. The standard InChI is InChI=1S/C12H15N3O4/c13-6-10(16)14-7-11(17)15-8-2-1-3-9-12(8)19-5-4-18-9/h1-3H,4-7,13H2,(H,14,16)(H,15,17). The maximum Gasteiger partial charge on any atom is 0.243 e. The summed E-state index contributed by atoms with van der Waals surface area (Å²) in [6.45, 7) is 0.631. The Morgan fingerprint density at radius 1 is 1.21 bits per heavy atom. The van der Waals surface area contributed by atoms with Gasteiger partial charge >= 0.3 is 0 Å². The molecule has 0 aromatic heterocycles. The van der Waals surface area contributed by atoms with Crippen molar-refractivity contribution in [2.24, 2.45) is 5.73 Å². The van der Waals surface area contributed by atoms with Crippen LogP contribution in [0.2, 0.25) is 0 Å². The smallest absolute Gasteiger partial charge is 0.243 e. The van der Waals surface area contributed by atoms with Crippen molar-refractivity contribution in [3.05, 3.63) is 18.2 Å². The second-order valence-corrected chi connectivity index (χ2v) is 3.86. The number of rotatable bonds is 4. The van der Waals surface area contributed by atoms with E-state index in [1.807, 2.05) is 0 Å². The largest absolute Gasteiger partial charge is 0.486 e. The Morgan fingerprint density at radius 3 is 2.79 bits per heavy atom. The molecule has 0 bridgehead atoms. The Hall–Kier alpha value is -2.28. The number of ether oxygens (including phenoxy) is 2. The number of hydrogen-bond acceptors (Lipinski definition) is 5. The first-order valence-corrected chi connectivity index (χ1v) is 5.86. The summed E-state index contributed by atoms with van der Waals surface area (Å²) in [6, 6.07) is 5.22. The molecular weight excluding hydrogens is 250 g/mol. The molecule has 0 spiro atoms. The molecule has 1 heterocycles. The molecule has 19 heavy (non-hydrogen) atoms. The third-order valence-electron chi connectivity index (χ3n) is 2.47. The molecule has 102 valence electrons. The number of hydrogen-bond donors (Lipinski definition) is 3. The first-order chi connectivity index (χ1) is 9.20. The van der Waals surface area contributed by atoms with Crippen LogP contribution in [0.4, 0.5) is 5.69 Å². The zero-order valence-electron chi connectivity index (χ0n) is 10.3. The van der Waals surface area contributed by atoms with Crippen LogP contribution in [0.3, 0.4) is 0 Å². The highest BCUT2D eigenvalue weighted by Crippen LogP contribution is 2.37. The van der Waals surface area contributed by atoms with Crippen LogP contribution in [-0.4, -0.2) is 38.1 Å². The van der Waals surface area contributed by atoms with Gasteiger partial charge in [0.05, 0.1) is 18.8 Å². The number of nitrogens with two attached hydrogens (primary N) is 1. The fourth-order valence-corrected chi connectivity index (χ4v) is 1.62. The van der Waals surface area contributed by atoms with Gasteiger partial charge in [-0.15, -0.1) is 0 Å². The number of carbonyl (C=O) groups is 2. The van der Waals surface area contributed by atoms with Crippen LogP contribution in [-0.2, 0) is 9.59 Å². The van der Waals surface area contributed by atoms with E-state index in [9.17, 15) is 9.59 Å². The average molecular weight is 265 g/mol. The number of para-hydroxylation sites is 1. The van der Waals surface area contributed by atoms with Crippen molar-refractivity contribution >= 4 is 17.5 Å². The van der Waals surface area contributed by atoms with E-state index in [1.54, 1.807) is 18.2 Å². The molecule has 1 aromatic carbocycles. The Labute approximate surface area is 110 Å². The van der Waals surface area contributed by atoms with E-state index < -0.39 is 0 Å². The fraction of sp³-hybridized carbons (Fsp3) is 0.333. The molecule has 0 saturated heterocycles. The number of amides is 2. The van der Waals surface area contributed by atoms with E-state index in [0.29, 0.717) is 30.4 Å². The topological polar surface area (TPSA) is 103 Å². The predicted octanol–water partition coefficient (Wildman–Crippen LogP) is -0.529. The van der Waals surface area contributed by atoms with Gasteiger partial charge in [-0.2, -0.15) is 0 Å². The summed E-state index contributed by atoms with van der Waals surface area (Å²) in [5.74, 6) is 0.358. The lowest BCUT2D eigenvalue weighted by Crippen LogP contribution is -2.36. The van der Waals surface area contributed by atoms with Crippen LogP contribution in [0.25, 0.3) is 0 Å². The molecule has 0 radical (unpaired) electrons. The van der Waals surface area contributed by atoms with Crippen LogP contribution < -0.4 is 25.8 Å². The summed E-state index contributed by atoms with van der Waals surface area (Å²) in [7, 11) is 0. The molecule has 7 nitrogen and oxygen atoms in total. The first-order valence-electron chi connectivity index (χ1n) is 5.86. The molecule has 2 amide bonds. The summed E-state index contributed by atoms with van der Waals surface area (Å²) in [5, 5.41) is 5.03. The molecule has 1 aliphatic heterocycles. The highest BCUT2D eigenvalue weighted by molar-refractivity contribution is 5.96. The molecule has 2 rings (SSSR count). The van der Waals surface area contributed by atoms with Crippen molar-refractivity contribution in [2.45, 2.75) is 0 Å². The minimum atomic E-state index is -0.384. The van der Waals surface area contributed by atoms with E-state index in [4.69, 9.17) is 15.2 Å². The molecule has 0 saturated carbocycles. The van der Waals surface area contributed by atoms with Crippen molar-refractivity contribution in [1.82, 2.24) is 5.32 Å². The van der Waals surface area contributed by atoms with E-state index >= 15 is 0 Å². The average Bonchev–Trinajstić information content (AvgIpc) is 2.45. The van der Waals surface area contributed by atoms with Gasteiger partial charge < -0.3 is 25.8 Å². The first kappa shape index (κ1) is 13.2. The van der Waals surface area contributed by atoms with Crippen molar-refractivity contribution in [2.75, 3.05) is 31.6 Å². The Morgan fingerprint density at radius 2 is 2.00 bits per heavy atom. The lowest BCUT2D eigenvalue weighted by molar-refractivity contribution is -0.123. The van der Waals surface area contributed by atoms with E-state index in [1.165, 1.54) is 0 Å². The van der Waals surface area contributed by atoms with Gasteiger partial charge in [-0.1, -0.05) is 6.07 Å².